The SMILES string of the molecule is CCN(CCNC(=O)NNC(=O)c1ccc(OC(C)C)c(OC)c1)c1cccc(C)c1. The molecule has 31 heavy (non-hydrogen) atoms. The zero-order valence-corrected chi connectivity index (χ0v) is 18.8. The third-order valence-corrected chi connectivity index (χ3v) is 4.49. The molecule has 8 heteroatoms. The number of aryl methyl sites for hydroxylation is 1. The molecule has 0 saturated heterocycles. The van der Waals surface area contributed by atoms with Crippen LogP contribution in [-0.4, -0.2) is 44.8 Å². The highest BCUT2D eigenvalue weighted by atomic mass is 16.5. The van der Waals surface area contributed by atoms with Crippen LogP contribution in [0.15, 0.2) is 42.5 Å². The van der Waals surface area contributed by atoms with Crippen LogP contribution in [0, 0.1) is 6.92 Å². The molecule has 168 valence electrons. The summed E-state index contributed by atoms with van der Waals surface area (Å²) in [5.41, 5.74) is 7.39. The lowest BCUT2D eigenvalue weighted by molar-refractivity contribution is 0.0936. The maximum atomic E-state index is 12.3. The van der Waals surface area contributed by atoms with Gasteiger partial charge in [-0.05, 0) is 63.6 Å². The monoisotopic (exact) mass is 428 g/mol. The molecule has 3 amide bonds. The average molecular weight is 429 g/mol. The second-order valence-corrected chi connectivity index (χ2v) is 7.29. The van der Waals surface area contributed by atoms with Gasteiger partial charge in [0.15, 0.2) is 11.5 Å². The van der Waals surface area contributed by atoms with Gasteiger partial charge >= 0.3 is 6.03 Å². The van der Waals surface area contributed by atoms with Gasteiger partial charge in [-0.3, -0.25) is 10.2 Å². The van der Waals surface area contributed by atoms with Crippen LogP contribution in [-0.2, 0) is 0 Å². The first kappa shape index (κ1) is 23.9. The molecular weight excluding hydrogens is 396 g/mol. The largest absolute Gasteiger partial charge is 0.493 e. The molecule has 0 heterocycles. The smallest absolute Gasteiger partial charge is 0.333 e. The topological polar surface area (TPSA) is 91.9 Å². The fourth-order valence-corrected chi connectivity index (χ4v) is 2.99. The Bertz CT molecular complexity index is 886. The first-order chi connectivity index (χ1) is 14.8. The second kappa shape index (κ2) is 11.7. The molecule has 0 spiro atoms. The van der Waals surface area contributed by atoms with E-state index in [4.69, 9.17) is 9.47 Å². The van der Waals surface area contributed by atoms with Crippen LogP contribution in [0.5, 0.6) is 11.5 Å². The summed E-state index contributed by atoms with van der Waals surface area (Å²) in [6.45, 7) is 9.82. The number of anilines is 1. The molecule has 0 aliphatic heterocycles. The van der Waals surface area contributed by atoms with Gasteiger partial charge in [0.2, 0.25) is 0 Å². The molecule has 0 aliphatic carbocycles. The summed E-state index contributed by atoms with van der Waals surface area (Å²) in [5, 5.41) is 2.74. The Hall–Kier alpha value is -3.42. The highest BCUT2D eigenvalue weighted by molar-refractivity contribution is 5.95. The number of likely N-dealkylation sites (N-methyl/N-ethyl adjacent to an activating group) is 1. The van der Waals surface area contributed by atoms with E-state index in [-0.39, 0.29) is 6.10 Å². The molecule has 2 aromatic rings. The van der Waals surface area contributed by atoms with E-state index < -0.39 is 11.9 Å². The number of benzene rings is 2. The Kier molecular flexibility index (Phi) is 8.99. The molecule has 2 rings (SSSR count). The lowest BCUT2D eigenvalue weighted by atomic mass is 10.2. The minimum absolute atomic E-state index is 0.0199. The van der Waals surface area contributed by atoms with Gasteiger partial charge in [-0.1, -0.05) is 12.1 Å². The molecule has 0 bridgehead atoms. The maximum absolute atomic E-state index is 12.3. The van der Waals surface area contributed by atoms with E-state index in [9.17, 15) is 9.59 Å². The second-order valence-electron chi connectivity index (χ2n) is 7.29. The molecule has 0 fully saturated rings. The number of ether oxygens (including phenoxy) is 2. The Morgan fingerprint density at radius 1 is 1.06 bits per heavy atom. The van der Waals surface area contributed by atoms with E-state index in [0.29, 0.717) is 30.2 Å². The van der Waals surface area contributed by atoms with E-state index in [1.54, 1.807) is 18.2 Å². The number of nitrogens with one attached hydrogen (secondary N) is 3. The third-order valence-electron chi connectivity index (χ3n) is 4.49. The van der Waals surface area contributed by atoms with Crippen LogP contribution in [0.25, 0.3) is 0 Å². The Labute approximate surface area is 183 Å². The van der Waals surface area contributed by atoms with Crippen molar-refractivity contribution in [2.24, 2.45) is 0 Å². The lowest BCUT2D eigenvalue weighted by Gasteiger charge is -2.23. The Morgan fingerprint density at radius 3 is 2.48 bits per heavy atom. The highest BCUT2D eigenvalue weighted by Crippen LogP contribution is 2.28. The number of nitrogens with zero attached hydrogens (tertiary/aromatic N) is 1. The van der Waals surface area contributed by atoms with Crippen molar-refractivity contribution in [3.8, 4) is 11.5 Å². The van der Waals surface area contributed by atoms with Crippen molar-refractivity contribution in [3.63, 3.8) is 0 Å². The summed E-state index contributed by atoms with van der Waals surface area (Å²) in [7, 11) is 1.51. The molecular formula is C23H32N4O4. The predicted molar refractivity (Wildman–Crippen MR) is 122 cm³/mol. The van der Waals surface area contributed by atoms with Crippen molar-refractivity contribution < 1.29 is 19.1 Å². The molecule has 3 N–H and O–H groups in total. The zero-order chi connectivity index (χ0) is 22.8. The molecule has 2 aromatic carbocycles. The molecule has 0 aromatic heterocycles. The van der Waals surface area contributed by atoms with Gasteiger partial charge in [-0.25, -0.2) is 10.2 Å². The van der Waals surface area contributed by atoms with Crippen molar-refractivity contribution in [1.29, 1.82) is 0 Å². The minimum Gasteiger partial charge on any atom is -0.493 e. The number of carbonyl (C=O) groups excluding carboxylic acids is 2. The minimum atomic E-state index is -0.486. The number of hydrazine groups is 1. The van der Waals surface area contributed by atoms with Crippen molar-refractivity contribution in [2.45, 2.75) is 33.8 Å². The molecule has 0 saturated carbocycles. The fraction of sp³-hybridized carbons (Fsp3) is 0.391. The van der Waals surface area contributed by atoms with Gasteiger partial charge in [0.05, 0.1) is 13.2 Å². The zero-order valence-electron chi connectivity index (χ0n) is 18.8. The Balaban J connectivity index is 1.82. The van der Waals surface area contributed by atoms with Gasteiger partial charge in [-0.2, -0.15) is 0 Å². The van der Waals surface area contributed by atoms with Gasteiger partial charge in [0.1, 0.15) is 0 Å². The van der Waals surface area contributed by atoms with E-state index in [1.165, 1.54) is 12.7 Å². The van der Waals surface area contributed by atoms with Crippen LogP contribution in [0.1, 0.15) is 36.7 Å². The average Bonchev–Trinajstić information content (AvgIpc) is 2.75. The summed E-state index contributed by atoms with van der Waals surface area (Å²) >= 11 is 0. The molecule has 8 nitrogen and oxygen atoms in total. The van der Waals surface area contributed by atoms with Crippen molar-refractivity contribution in [1.82, 2.24) is 16.2 Å². The summed E-state index contributed by atoms with van der Waals surface area (Å²) < 4.78 is 10.9. The number of urea groups is 1. The van der Waals surface area contributed by atoms with Crippen LogP contribution in [0.4, 0.5) is 10.5 Å². The summed E-state index contributed by atoms with van der Waals surface area (Å²) in [6.07, 6.45) is -0.0199. The molecule has 0 unspecified atom stereocenters. The predicted octanol–water partition coefficient (Wildman–Crippen LogP) is 3.26. The number of hydrogen-bond donors (Lipinski definition) is 3. The maximum Gasteiger partial charge on any atom is 0.333 e. The summed E-state index contributed by atoms with van der Waals surface area (Å²) in [4.78, 5) is 26.5. The van der Waals surface area contributed by atoms with Crippen LogP contribution < -0.4 is 30.5 Å². The normalized spacial score (nSPS) is 10.4. The highest BCUT2D eigenvalue weighted by Gasteiger charge is 2.13. The van der Waals surface area contributed by atoms with Gasteiger partial charge in [0, 0.05) is 30.9 Å². The lowest BCUT2D eigenvalue weighted by Crippen LogP contribution is -2.48. The van der Waals surface area contributed by atoms with Crippen LogP contribution >= 0.6 is 0 Å². The standard InChI is InChI=1S/C23H32N4O4/c1-6-27(19-9-7-8-17(4)14-19)13-12-24-23(29)26-25-22(28)18-10-11-20(31-16(2)3)21(15-18)30-5/h7-11,14-16H,6,12-13H2,1-5H3,(H,25,28)(H2,24,26,29). The van der Waals surface area contributed by atoms with Gasteiger partial charge in [-0.15, -0.1) is 0 Å². The number of carbonyl (C=O) groups is 2. The van der Waals surface area contributed by atoms with E-state index in [1.807, 2.05) is 39.0 Å². The summed E-state index contributed by atoms with van der Waals surface area (Å²) in [6, 6.07) is 12.6. The van der Waals surface area contributed by atoms with Crippen molar-refractivity contribution in [2.75, 3.05) is 31.6 Å². The van der Waals surface area contributed by atoms with Crippen LogP contribution in [0.3, 0.4) is 0 Å². The quantitative estimate of drug-likeness (QED) is 0.533. The Morgan fingerprint density at radius 2 is 1.84 bits per heavy atom. The number of methoxy groups -OCH3 is 1. The molecule has 0 radical (unpaired) electrons. The molecule has 0 aliphatic rings. The van der Waals surface area contributed by atoms with Crippen molar-refractivity contribution >= 4 is 17.6 Å². The van der Waals surface area contributed by atoms with E-state index in [2.05, 4.69) is 34.1 Å². The van der Waals surface area contributed by atoms with Gasteiger partial charge < -0.3 is 19.7 Å². The van der Waals surface area contributed by atoms with Gasteiger partial charge in [0.25, 0.3) is 5.91 Å². The number of amides is 3. The van der Waals surface area contributed by atoms with Crippen LogP contribution in [0.2, 0.25) is 0 Å². The summed E-state index contributed by atoms with van der Waals surface area (Å²) in [5.74, 6) is 0.537. The third kappa shape index (κ3) is 7.40. The molecule has 0 atom stereocenters. The number of rotatable bonds is 9. The number of hydrogen-bond acceptors (Lipinski definition) is 5. The van der Waals surface area contributed by atoms with E-state index >= 15 is 0 Å². The van der Waals surface area contributed by atoms with Crippen molar-refractivity contribution in [3.05, 3.63) is 53.6 Å². The fourth-order valence-electron chi connectivity index (χ4n) is 2.99. The van der Waals surface area contributed by atoms with E-state index in [0.717, 1.165) is 12.2 Å². The first-order valence-electron chi connectivity index (χ1n) is 10.3. The first-order valence-corrected chi connectivity index (χ1v) is 10.3.